The maximum Gasteiger partial charge on any atom is 0.325 e. The highest BCUT2D eigenvalue weighted by Crippen LogP contribution is 2.28. The summed E-state index contributed by atoms with van der Waals surface area (Å²) in [6.07, 6.45) is 4.56. The largest absolute Gasteiger partial charge is 0.396 e. The van der Waals surface area contributed by atoms with E-state index in [1.807, 2.05) is 0 Å². The highest BCUT2D eigenvalue weighted by atomic mass is 79.9. The molecule has 0 heterocycles. The lowest BCUT2D eigenvalue weighted by Crippen LogP contribution is -2.33. The van der Waals surface area contributed by atoms with Gasteiger partial charge in [0.1, 0.15) is 0 Å². The minimum atomic E-state index is -1.51. The standard InChI is InChI=1S/C12H27BrO2Si/c1-5-8-12(11(4)13)16(14-9-6-2)15-10-7-3/h11-12,16H,5-10H2,1-4H3. The predicted molar refractivity (Wildman–Crippen MR) is 76.7 cm³/mol. The Kier molecular flexibility index (Phi) is 11.2. The molecule has 2 atom stereocenters. The summed E-state index contributed by atoms with van der Waals surface area (Å²) >= 11 is 3.70. The first-order valence-electron chi connectivity index (χ1n) is 6.54. The lowest BCUT2D eigenvalue weighted by Gasteiger charge is -2.27. The predicted octanol–water partition coefficient (Wildman–Crippen LogP) is 4.01. The van der Waals surface area contributed by atoms with Crippen LogP contribution in [0.4, 0.5) is 0 Å². The van der Waals surface area contributed by atoms with Gasteiger partial charge in [0.25, 0.3) is 0 Å². The van der Waals surface area contributed by atoms with Crippen molar-refractivity contribution in [3.8, 4) is 0 Å². The van der Waals surface area contributed by atoms with Crippen LogP contribution in [0, 0.1) is 0 Å². The van der Waals surface area contributed by atoms with Crippen LogP contribution in [0.5, 0.6) is 0 Å². The molecule has 0 aliphatic carbocycles. The Balaban J connectivity index is 4.27. The van der Waals surface area contributed by atoms with Crippen LogP contribution >= 0.6 is 15.9 Å². The molecule has 0 rings (SSSR count). The Morgan fingerprint density at radius 3 is 1.81 bits per heavy atom. The highest BCUT2D eigenvalue weighted by Gasteiger charge is 2.29. The van der Waals surface area contributed by atoms with Crippen molar-refractivity contribution in [3.05, 3.63) is 0 Å². The molecule has 0 saturated carbocycles. The van der Waals surface area contributed by atoms with Gasteiger partial charge in [-0.05, 0) is 19.3 Å². The molecular formula is C12H27BrO2Si. The van der Waals surface area contributed by atoms with Gasteiger partial charge in [0.2, 0.25) is 0 Å². The van der Waals surface area contributed by atoms with Crippen molar-refractivity contribution in [2.75, 3.05) is 13.2 Å². The van der Waals surface area contributed by atoms with Gasteiger partial charge in [-0.3, -0.25) is 0 Å². The summed E-state index contributed by atoms with van der Waals surface area (Å²) in [5.41, 5.74) is 0.586. The number of hydrogen-bond donors (Lipinski definition) is 0. The zero-order chi connectivity index (χ0) is 12.4. The zero-order valence-corrected chi connectivity index (χ0v) is 13.9. The molecule has 0 aromatic heterocycles. The summed E-state index contributed by atoms with van der Waals surface area (Å²) in [6.45, 7) is 10.4. The van der Waals surface area contributed by atoms with E-state index in [1.165, 1.54) is 12.8 Å². The van der Waals surface area contributed by atoms with Gasteiger partial charge in [0.05, 0.1) is 0 Å². The first-order chi connectivity index (χ1) is 7.67. The summed E-state index contributed by atoms with van der Waals surface area (Å²) in [5, 5.41) is 0. The maximum absolute atomic E-state index is 5.96. The Bertz CT molecular complexity index is 148. The summed E-state index contributed by atoms with van der Waals surface area (Å²) in [7, 11) is -1.51. The molecule has 0 aliphatic heterocycles. The van der Waals surface area contributed by atoms with Crippen LogP contribution in [-0.2, 0) is 8.85 Å². The lowest BCUT2D eigenvalue weighted by atomic mass is 10.2. The van der Waals surface area contributed by atoms with Gasteiger partial charge in [-0.1, -0.05) is 50.0 Å². The third-order valence-electron chi connectivity index (χ3n) is 2.53. The van der Waals surface area contributed by atoms with E-state index >= 15 is 0 Å². The van der Waals surface area contributed by atoms with Crippen molar-refractivity contribution in [2.45, 2.75) is 63.7 Å². The Morgan fingerprint density at radius 1 is 1.00 bits per heavy atom. The van der Waals surface area contributed by atoms with E-state index in [9.17, 15) is 0 Å². The fourth-order valence-corrected chi connectivity index (χ4v) is 5.26. The van der Waals surface area contributed by atoms with Crippen molar-refractivity contribution in [3.63, 3.8) is 0 Å². The zero-order valence-electron chi connectivity index (χ0n) is 11.2. The van der Waals surface area contributed by atoms with E-state index in [-0.39, 0.29) is 0 Å². The molecule has 0 saturated heterocycles. The highest BCUT2D eigenvalue weighted by molar-refractivity contribution is 9.09. The molecule has 2 unspecified atom stereocenters. The van der Waals surface area contributed by atoms with Gasteiger partial charge in [0.15, 0.2) is 0 Å². The molecule has 0 fully saturated rings. The topological polar surface area (TPSA) is 18.5 Å². The molecule has 16 heavy (non-hydrogen) atoms. The number of rotatable bonds is 10. The van der Waals surface area contributed by atoms with Crippen LogP contribution in [0.3, 0.4) is 0 Å². The second-order valence-electron chi connectivity index (χ2n) is 4.24. The second-order valence-corrected chi connectivity index (χ2v) is 7.94. The van der Waals surface area contributed by atoms with Gasteiger partial charge in [0, 0.05) is 23.6 Å². The maximum atomic E-state index is 5.96. The average molecular weight is 311 g/mol. The molecule has 0 bridgehead atoms. The van der Waals surface area contributed by atoms with Crippen molar-refractivity contribution in [1.82, 2.24) is 0 Å². The van der Waals surface area contributed by atoms with E-state index in [0.717, 1.165) is 26.1 Å². The van der Waals surface area contributed by atoms with Crippen LogP contribution in [0.15, 0.2) is 0 Å². The Morgan fingerprint density at radius 2 is 1.50 bits per heavy atom. The quantitative estimate of drug-likeness (QED) is 0.448. The van der Waals surface area contributed by atoms with Gasteiger partial charge < -0.3 is 8.85 Å². The Labute approximate surface area is 111 Å². The van der Waals surface area contributed by atoms with Crippen LogP contribution in [0.1, 0.15) is 53.4 Å². The summed E-state index contributed by atoms with van der Waals surface area (Å²) in [4.78, 5) is 0.498. The molecule has 0 spiro atoms. The Hall–Kier alpha value is 0.617. The second kappa shape index (κ2) is 10.8. The molecule has 4 heteroatoms. The summed E-state index contributed by atoms with van der Waals surface area (Å²) < 4.78 is 11.9. The molecule has 98 valence electrons. The van der Waals surface area contributed by atoms with Gasteiger partial charge in [-0.15, -0.1) is 0 Å². The summed E-state index contributed by atoms with van der Waals surface area (Å²) in [6, 6.07) is 0. The summed E-state index contributed by atoms with van der Waals surface area (Å²) in [5.74, 6) is 0. The molecule has 0 radical (unpaired) electrons. The third kappa shape index (κ3) is 7.04. The van der Waals surface area contributed by atoms with Crippen molar-refractivity contribution >= 4 is 25.2 Å². The fraction of sp³-hybridized carbons (Fsp3) is 1.00. The van der Waals surface area contributed by atoms with Gasteiger partial charge in [-0.25, -0.2) is 0 Å². The molecule has 0 aromatic rings. The third-order valence-corrected chi connectivity index (χ3v) is 6.51. The molecule has 0 aromatic carbocycles. The van der Waals surface area contributed by atoms with Crippen LogP contribution in [-0.4, -0.2) is 27.3 Å². The van der Waals surface area contributed by atoms with E-state index in [2.05, 4.69) is 43.6 Å². The SMILES string of the molecule is CCCO[SiH](OCCC)C(CCC)C(C)Br. The number of halogens is 1. The van der Waals surface area contributed by atoms with Gasteiger partial charge >= 0.3 is 9.28 Å². The van der Waals surface area contributed by atoms with E-state index in [4.69, 9.17) is 8.85 Å². The van der Waals surface area contributed by atoms with Crippen LogP contribution in [0.25, 0.3) is 0 Å². The van der Waals surface area contributed by atoms with Crippen molar-refractivity contribution in [2.24, 2.45) is 0 Å². The average Bonchev–Trinajstić information content (AvgIpc) is 2.26. The van der Waals surface area contributed by atoms with Gasteiger partial charge in [-0.2, -0.15) is 0 Å². The van der Waals surface area contributed by atoms with Crippen LogP contribution in [0.2, 0.25) is 5.54 Å². The van der Waals surface area contributed by atoms with Crippen molar-refractivity contribution < 1.29 is 8.85 Å². The first-order valence-corrected chi connectivity index (χ1v) is 9.07. The lowest BCUT2D eigenvalue weighted by molar-refractivity contribution is 0.186. The van der Waals surface area contributed by atoms with E-state index < -0.39 is 9.28 Å². The number of hydrogen-bond acceptors (Lipinski definition) is 2. The minimum absolute atomic E-state index is 0.498. The fourth-order valence-electron chi connectivity index (χ4n) is 1.68. The smallest absolute Gasteiger partial charge is 0.325 e. The normalized spacial score (nSPS) is 15.4. The van der Waals surface area contributed by atoms with E-state index in [1.54, 1.807) is 0 Å². The molecule has 2 nitrogen and oxygen atoms in total. The molecular weight excluding hydrogens is 284 g/mol. The molecule has 0 N–H and O–H groups in total. The monoisotopic (exact) mass is 310 g/mol. The number of alkyl halides is 1. The molecule has 0 amide bonds. The molecule has 0 aliphatic rings. The minimum Gasteiger partial charge on any atom is -0.396 e. The van der Waals surface area contributed by atoms with E-state index in [0.29, 0.717) is 10.4 Å². The van der Waals surface area contributed by atoms with Crippen LogP contribution < -0.4 is 0 Å². The van der Waals surface area contributed by atoms with Crippen molar-refractivity contribution in [1.29, 1.82) is 0 Å². The first kappa shape index (κ1) is 16.6.